The highest BCUT2D eigenvalue weighted by Gasteiger charge is 2.09. The van der Waals surface area contributed by atoms with Crippen LogP contribution >= 0.6 is 0 Å². The van der Waals surface area contributed by atoms with Gasteiger partial charge in [-0.1, -0.05) is 48.0 Å². The van der Waals surface area contributed by atoms with Crippen molar-refractivity contribution in [1.29, 1.82) is 0 Å². The van der Waals surface area contributed by atoms with Crippen molar-refractivity contribution in [2.24, 2.45) is 0 Å². The Morgan fingerprint density at radius 2 is 1.65 bits per heavy atom. The molecule has 3 aromatic rings. The molecule has 0 atom stereocenters. The van der Waals surface area contributed by atoms with Gasteiger partial charge in [0, 0.05) is 6.54 Å². The zero-order chi connectivity index (χ0) is 18.4. The molecule has 0 aliphatic carbocycles. The van der Waals surface area contributed by atoms with E-state index < -0.39 is 5.82 Å². The molecule has 0 unspecified atom stereocenters. The summed E-state index contributed by atoms with van der Waals surface area (Å²) in [4.78, 5) is 12.0. The topological polar surface area (TPSA) is 66.9 Å². The number of halogens is 1. The van der Waals surface area contributed by atoms with Crippen molar-refractivity contribution in [2.45, 2.75) is 19.9 Å². The number of amides is 1. The Morgan fingerprint density at radius 1 is 0.962 bits per heavy atom. The average molecular weight is 350 g/mol. The molecule has 0 aliphatic rings. The summed E-state index contributed by atoms with van der Waals surface area (Å²) in [6.45, 7) is 2.68. The van der Waals surface area contributed by atoms with Crippen molar-refractivity contribution >= 4 is 17.5 Å². The van der Waals surface area contributed by atoms with Gasteiger partial charge in [0.25, 0.3) is 0 Å². The summed E-state index contributed by atoms with van der Waals surface area (Å²) in [5.41, 5.74) is 2.69. The number of nitrogens with zero attached hydrogens (tertiary/aromatic N) is 2. The first-order valence-corrected chi connectivity index (χ1v) is 8.26. The highest BCUT2D eigenvalue weighted by molar-refractivity contribution is 5.91. The van der Waals surface area contributed by atoms with Gasteiger partial charge in [-0.15, -0.1) is 10.2 Å². The van der Waals surface area contributed by atoms with E-state index >= 15 is 0 Å². The molecule has 3 rings (SSSR count). The van der Waals surface area contributed by atoms with Crippen LogP contribution in [0, 0.1) is 12.7 Å². The van der Waals surface area contributed by atoms with Crippen LogP contribution in [0.5, 0.6) is 0 Å². The molecule has 1 aromatic heterocycles. The first-order valence-electron chi connectivity index (χ1n) is 8.26. The van der Waals surface area contributed by atoms with Crippen LogP contribution < -0.4 is 10.6 Å². The second-order valence-electron chi connectivity index (χ2n) is 5.96. The number of hydrogen-bond acceptors (Lipinski definition) is 4. The van der Waals surface area contributed by atoms with E-state index in [1.54, 1.807) is 30.3 Å². The van der Waals surface area contributed by atoms with Gasteiger partial charge in [-0.3, -0.25) is 4.79 Å². The Hall–Kier alpha value is -3.28. The molecule has 0 saturated heterocycles. The summed E-state index contributed by atoms with van der Waals surface area (Å²) in [5.74, 6) is 0.194. The smallest absolute Gasteiger partial charge is 0.230 e. The lowest BCUT2D eigenvalue weighted by Crippen LogP contribution is -2.16. The Balaban J connectivity index is 1.53. The minimum Gasteiger partial charge on any atom is -0.365 e. The average Bonchev–Trinajstić information content (AvgIpc) is 2.64. The highest BCUT2D eigenvalue weighted by Crippen LogP contribution is 2.11. The van der Waals surface area contributed by atoms with Crippen LogP contribution in [0.15, 0.2) is 60.7 Å². The first kappa shape index (κ1) is 17.5. The van der Waals surface area contributed by atoms with Gasteiger partial charge in [0.05, 0.1) is 6.42 Å². The lowest BCUT2D eigenvalue weighted by atomic mass is 10.1. The Bertz CT molecular complexity index is 879. The monoisotopic (exact) mass is 350 g/mol. The van der Waals surface area contributed by atoms with Crippen molar-refractivity contribution in [2.75, 3.05) is 10.6 Å². The van der Waals surface area contributed by atoms with Crippen LogP contribution in [0.2, 0.25) is 0 Å². The van der Waals surface area contributed by atoms with E-state index in [1.807, 2.05) is 19.1 Å². The minimum absolute atomic E-state index is 0.0538. The van der Waals surface area contributed by atoms with Gasteiger partial charge >= 0.3 is 0 Å². The van der Waals surface area contributed by atoms with Crippen LogP contribution in [-0.4, -0.2) is 16.1 Å². The summed E-state index contributed by atoms with van der Waals surface area (Å²) in [7, 11) is 0. The summed E-state index contributed by atoms with van der Waals surface area (Å²) < 4.78 is 13.6. The molecule has 132 valence electrons. The van der Waals surface area contributed by atoms with Crippen LogP contribution in [0.25, 0.3) is 0 Å². The third-order valence-electron chi connectivity index (χ3n) is 3.84. The number of benzene rings is 2. The molecular formula is C20H19FN4O. The molecule has 26 heavy (non-hydrogen) atoms. The van der Waals surface area contributed by atoms with Gasteiger partial charge in [0.2, 0.25) is 5.91 Å². The number of carbonyl (C=O) groups excluding carboxylic acids is 1. The van der Waals surface area contributed by atoms with Crippen molar-refractivity contribution in [3.8, 4) is 0 Å². The number of anilines is 2. The molecule has 2 aromatic carbocycles. The largest absolute Gasteiger partial charge is 0.365 e. The Labute approximate surface area is 151 Å². The third kappa shape index (κ3) is 4.86. The van der Waals surface area contributed by atoms with Crippen molar-refractivity contribution < 1.29 is 9.18 Å². The number of nitrogens with one attached hydrogen (secondary N) is 2. The number of aryl methyl sites for hydroxylation is 1. The second-order valence-corrected chi connectivity index (χ2v) is 5.96. The number of carbonyl (C=O) groups is 1. The highest BCUT2D eigenvalue weighted by atomic mass is 19.1. The zero-order valence-corrected chi connectivity index (χ0v) is 14.4. The molecule has 0 fully saturated rings. The third-order valence-corrected chi connectivity index (χ3v) is 3.84. The lowest BCUT2D eigenvalue weighted by molar-refractivity contribution is -0.115. The Morgan fingerprint density at radius 3 is 2.35 bits per heavy atom. The van der Waals surface area contributed by atoms with Crippen LogP contribution in [0.1, 0.15) is 16.7 Å². The molecule has 2 N–H and O–H groups in total. The van der Waals surface area contributed by atoms with E-state index in [0.717, 1.165) is 5.56 Å². The molecule has 0 aliphatic heterocycles. The quantitative estimate of drug-likeness (QED) is 0.711. The summed E-state index contributed by atoms with van der Waals surface area (Å²) in [6, 6.07) is 17.8. The minimum atomic E-state index is -0.399. The van der Waals surface area contributed by atoms with E-state index in [-0.39, 0.29) is 12.3 Å². The molecule has 0 bridgehead atoms. The fourth-order valence-corrected chi connectivity index (χ4v) is 2.39. The van der Waals surface area contributed by atoms with E-state index in [2.05, 4.69) is 33.0 Å². The normalized spacial score (nSPS) is 10.4. The van der Waals surface area contributed by atoms with Gasteiger partial charge in [0.15, 0.2) is 5.82 Å². The SMILES string of the molecule is Cc1ccc(CNc2ccc(NC(=O)Cc3ccccc3F)nn2)cc1. The number of hydrogen-bond donors (Lipinski definition) is 2. The first-order chi connectivity index (χ1) is 12.6. The molecule has 1 heterocycles. The summed E-state index contributed by atoms with van der Waals surface area (Å²) in [6.07, 6.45) is -0.0538. The maximum atomic E-state index is 13.6. The molecule has 0 radical (unpaired) electrons. The van der Waals surface area contributed by atoms with E-state index in [9.17, 15) is 9.18 Å². The molecule has 5 nitrogen and oxygen atoms in total. The van der Waals surface area contributed by atoms with Crippen molar-refractivity contribution in [3.63, 3.8) is 0 Å². The summed E-state index contributed by atoms with van der Waals surface area (Å²) >= 11 is 0. The lowest BCUT2D eigenvalue weighted by Gasteiger charge is -2.07. The number of aromatic nitrogens is 2. The maximum absolute atomic E-state index is 13.6. The van der Waals surface area contributed by atoms with Crippen LogP contribution in [0.4, 0.5) is 16.0 Å². The fraction of sp³-hybridized carbons (Fsp3) is 0.150. The predicted molar refractivity (Wildman–Crippen MR) is 99.3 cm³/mol. The molecule has 0 saturated carbocycles. The van der Waals surface area contributed by atoms with Gasteiger partial charge in [-0.05, 0) is 36.2 Å². The molecule has 0 spiro atoms. The van der Waals surface area contributed by atoms with Crippen molar-refractivity contribution in [1.82, 2.24) is 10.2 Å². The van der Waals surface area contributed by atoms with Crippen molar-refractivity contribution in [3.05, 3.63) is 83.2 Å². The fourth-order valence-electron chi connectivity index (χ4n) is 2.39. The van der Waals surface area contributed by atoms with Gasteiger partial charge in [-0.25, -0.2) is 4.39 Å². The predicted octanol–water partition coefficient (Wildman–Crippen LogP) is 3.72. The van der Waals surface area contributed by atoms with Gasteiger partial charge in [-0.2, -0.15) is 0 Å². The van der Waals surface area contributed by atoms with E-state index in [4.69, 9.17) is 0 Å². The van der Waals surface area contributed by atoms with Crippen LogP contribution in [0.3, 0.4) is 0 Å². The van der Waals surface area contributed by atoms with Gasteiger partial charge in [0.1, 0.15) is 11.6 Å². The van der Waals surface area contributed by atoms with E-state index in [1.165, 1.54) is 11.6 Å². The van der Waals surface area contributed by atoms with E-state index in [0.29, 0.717) is 23.7 Å². The second kappa shape index (κ2) is 8.20. The van der Waals surface area contributed by atoms with Crippen LogP contribution in [-0.2, 0) is 17.8 Å². The Kier molecular flexibility index (Phi) is 5.53. The molecular weight excluding hydrogens is 331 g/mol. The molecule has 6 heteroatoms. The van der Waals surface area contributed by atoms with Gasteiger partial charge < -0.3 is 10.6 Å². The zero-order valence-electron chi connectivity index (χ0n) is 14.4. The standard InChI is InChI=1S/C20H19FN4O/c1-14-6-8-15(9-7-14)13-22-18-10-11-19(25-24-18)23-20(26)12-16-4-2-3-5-17(16)21/h2-11H,12-13H2,1H3,(H,22,24)(H,23,25,26). The summed E-state index contributed by atoms with van der Waals surface area (Å²) in [5, 5.41) is 13.8. The maximum Gasteiger partial charge on any atom is 0.230 e. The number of rotatable bonds is 6. The molecule has 1 amide bonds.